The van der Waals surface area contributed by atoms with Crippen LogP contribution in [0.25, 0.3) is 0 Å². The van der Waals surface area contributed by atoms with Crippen LogP contribution < -0.4 is 9.47 Å². The minimum Gasteiger partial charge on any atom is -0.493 e. The van der Waals surface area contributed by atoms with Crippen LogP contribution in [0.5, 0.6) is 11.5 Å². The second-order valence-electron chi connectivity index (χ2n) is 15.1. The summed E-state index contributed by atoms with van der Waals surface area (Å²) in [5, 5.41) is 30.5. The Bertz CT molecular complexity index is 1710. The number of nitrogens with zero attached hydrogens (tertiary/aromatic N) is 2. The molecule has 3 saturated carbocycles. The van der Waals surface area contributed by atoms with Gasteiger partial charge in [0.25, 0.3) is 10.2 Å². The molecule has 1 aromatic carbocycles. The molecular weight excluding hydrogens is 712 g/mol. The average Bonchev–Trinajstić information content (AvgIpc) is 3.38. The van der Waals surface area contributed by atoms with Gasteiger partial charge in [-0.3, -0.25) is 9.59 Å². The van der Waals surface area contributed by atoms with Gasteiger partial charge in [-0.1, -0.05) is 32.4 Å². The van der Waals surface area contributed by atoms with Gasteiger partial charge in [0.05, 0.1) is 25.4 Å². The van der Waals surface area contributed by atoms with Crippen molar-refractivity contribution >= 4 is 23.7 Å². The number of Topliss-reactive ketones (excluding diaryl/α,β-unsaturated/α-hetero) is 1. The van der Waals surface area contributed by atoms with Crippen molar-refractivity contribution in [2.45, 2.75) is 77.9 Å². The molecule has 17 nitrogen and oxygen atoms in total. The summed E-state index contributed by atoms with van der Waals surface area (Å²) in [5.74, 6) is -1.25. The molecule has 0 radical (unpaired) electrons. The predicted octanol–water partition coefficient (Wildman–Crippen LogP) is 5.03. The molecule has 1 aromatic rings. The molecular formula is C37H46N2O15. The maximum absolute atomic E-state index is 13.8. The number of hydrogen-bond acceptors (Lipinski definition) is 15. The van der Waals surface area contributed by atoms with E-state index in [4.69, 9.17) is 18.9 Å². The maximum Gasteiger partial charge on any atom is 0.514 e. The molecule has 54 heavy (non-hydrogen) atoms. The van der Waals surface area contributed by atoms with Gasteiger partial charge in [0, 0.05) is 17.3 Å². The fourth-order valence-corrected chi connectivity index (χ4v) is 9.75. The summed E-state index contributed by atoms with van der Waals surface area (Å²) in [4.78, 5) is 80.8. The largest absolute Gasteiger partial charge is 0.514 e. The van der Waals surface area contributed by atoms with Gasteiger partial charge in [0.1, 0.15) is 12.7 Å². The Morgan fingerprint density at radius 3 is 2.54 bits per heavy atom. The predicted molar refractivity (Wildman–Crippen MR) is 185 cm³/mol. The molecule has 5 rings (SSSR count). The standard InChI is InChI=1S/C37H46N2O15/c1-21-15-27-26-10-9-23-17-24(40)12-13-36(23,2)33(26)28(41)18-37(27,3)32(21)29(42)20-51-35(44)53-30-11-8-22(16-31(30)49-4)34(43)50-14-6-5-7-25(54-39(47)48)19-52-38(45)46/h8,11-13,16-17,21,25-28,32-33,41H,5-7,9-10,14-15,18-20H2,1-4H3. The van der Waals surface area contributed by atoms with Crippen LogP contribution in [0.3, 0.4) is 0 Å². The van der Waals surface area contributed by atoms with Crippen molar-refractivity contribution < 1.29 is 63.1 Å². The highest BCUT2D eigenvalue weighted by molar-refractivity contribution is 6.01. The number of unbranched alkanes of at least 4 members (excludes halogenated alkanes) is 1. The van der Waals surface area contributed by atoms with Crippen LogP contribution in [0.4, 0.5) is 4.79 Å². The normalized spacial score (nSPS) is 30.0. The monoisotopic (exact) mass is 758 g/mol. The number of ketones is 2. The summed E-state index contributed by atoms with van der Waals surface area (Å²) >= 11 is 0. The summed E-state index contributed by atoms with van der Waals surface area (Å²) in [6.07, 6.45) is 5.66. The first kappa shape index (κ1) is 40.1. The van der Waals surface area contributed by atoms with Crippen LogP contribution in [0, 0.1) is 60.6 Å². The zero-order chi connectivity index (χ0) is 39.4. The molecule has 0 heterocycles. The number of allylic oxidation sites excluding steroid dienone is 4. The molecule has 0 amide bonds. The second-order valence-corrected chi connectivity index (χ2v) is 15.1. The fourth-order valence-electron chi connectivity index (χ4n) is 9.75. The van der Waals surface area contributed by atoms with Crippen molar-refractivity contribution in [3.63, 3.8) is 0 Å². The van der Waals surface area contributed by atoms with Crippen LogP contribution in [-0.2, 0) is 28.7 Å². The molecule has 1 N–H and O–H groups in total. The molecule has 0 saturated heterocycles. The molecule has 4 aliphatic carbocycles. The number of fused-ring (bicyclic) bond motifs is 5. The SMILES string of the molecule is COc1cc(C(=O)OCCCCC(CO[N+](=O)[O-])O[N+](=O)[O-])ccc1OC(=O)OCC(=O)C1C(C)CC2C3CCC4=CC(=O)C=CC4(C)C3C(O)CC21C. The smallest absolute Gasteiger partial charge is 0.493 e. The first-order valence-corrected chi connectivity index (χ1v) is 18.0. The lowest BCUT2D eigenvalue weighted by Gasteiger charge is -2.58. The van der Waals surface area contributed by atoms with E-state index in [9.17, 15) is 44.5 Å². The molecule has 4 aliphatic rings. The van der Waals surface area contributed by atoms with Crippen LogP contribution >= 0.6 is 0 Å². The molecule has 0 spiro atoms. The highest BCUT2D eigenvalue weighted by Gasteiger charge is 2.64. The highest BCUT2D eigenvalue weighted by atomic mass is 17.0. The zero-order valence-electron chi connectivity index (χ0n) is 30.6. The van der Waals surface area contributed by atoms with Gasteiger partial charge in [0.2, 0.25) is 0 Å². The van der Waals surface area contributed by atoms with E-state index >= 15 is 0 Å². The molecule has 294 valence electrons. The summed E-state index contributed by atoms with van der Waals surface area (Å²) in [6.45, 7) is 4.97. The first-order valence-electron chi connectivity index (χ1n) is 18.0. The Morgan fingerprint density at radius 2 is 1.83 bits per heavy atom. The number of carbonyl (C=O) groups is 4. The number of aliphatic hydroxyl groups excluding tert-OH is 1. The van der Waals surface area contributed by atoms with Crippen LogP contribution in [0.1, 0.15) is 76.1 Å². The van der Waals surface area contributed by atoms with E-state index in [1.165, 1.54) is 25.3 Å². The van der Waals surface area contributed by atoms with Gasteiger partial charge in [0.15, 0.2) is 29.7 Å². The van der Waals surface area contributed by atoms with Gasteiger partial charge in [-0.15, -0.1) is 20.2 Å². The number of benzene rings is 1. The molecule has 0 aromatic heterocycles. The van der Waals surface area contributed by atoms with Crippen molar-refractivity contribution in [1.82, 2.24) is 0 Å². The first-order chi connectivity index (χ1) is 25.6. The van der Waals surface area contributed by atoms with Crippen molar-refractivity contribution in [3.8, 4) is 11.5 Å². The second kappa shape index (κ2) is 16.5. The van der Waals surface area contributed by atoms with Gasteiger partial charge in [-0.2, -0.15) is 0 Å². The van der Waals surface area contributed by atoms with E-state index in [-0.39, 0.29) is 78.2 Å². The van der Waals surface area contributed by atoms with Crippen molar-refractivity contribution in [2.24, 2.45) is 40.4 Å². The number of ether oxygens (including phenoxy) is 4. The number of esters is 1. The Morgan fingerprint density at radius 1 is 1.07 bits per heavy atom. The third-order valence-electron chi connectivity index (χ3n) is 11.9. The fraction of sp³-hybridized carbons (Fsp3) is 0.622. The number of methoxy groups -OCH3 is 1. The van der Waals surface area contributed by atoms with E-state index in [1.54, 1.807) is 12.2 Å². The Hall–Kier alpha value is -5.06. The molecule has 0 bridgehead atoms. The van der Waals surface area contributed by atoms with Crippen molar-refractivity contribution in [1.29, 1.82) is 0 Å². The van der Waals surface area contributed by atoms with Gasteiger partial charge < -0.3 is 33.7 Å². The Labute approximate surface area is 311 Å². The zero-order valence-corrected chi connectivity index (χ0v) is 30.6. The molecule has 9 unspecified atom stereocenters. The van der Waals surface area contributed by atoms with Gasteiger partial charge >= 0.3 is 12.1 Å². The van der Waals surface area contributed by atoms with Gasteiger partial charge in [-0.05, 0) is 98.5 Å². The van der Waals surface area contributed by atoms with Crippen molar-refractivity contribution in [2.75, 3.05) is 26.9 Å². The summed E-state index contributed by atoms with van der Waals surface area (Å²) < 4.78 is 21.1. The van der Waals surface area contributed by atoms with E-state index in [1.807, 2.05) is 13.0 Å². The van der Waals surface area contributed by atoms with Crippen LogP contribution in [-0.4, -0.2) is 78.1 Å². The molecule has 0 aliphatic heterocycles. The highest BCUT2D eigenvalue weighted by Crippen LogP contribution is 2.67. The van der Waals surface area contributed by atoms with E-state index < -0.39 is 64.5 Å². The van der Waals surface area contributed by atoms with Crippen LogP contribution in [0.15, 0.2) is 42.0 Å². The van der Waals surface area contributed by atoms with E-state index in [2.05, 4.69) is 23.5 Å². The lowest BCUT2D eigenvalue weighted by molar-refractivity contribution is -0.790. The number of hydrogen-bond donors (Lipinski definition) is 1. The Kier molecular flexibility index (Phi) is 12.3. The lowest BCUT2D eigenvalue weighted by atomic mass is 9.46. The summed E-state index contributed by atoms with van der Waals surface area (Å²) in [6, 6.07) is 3.93. The topological polar surface area (TPSA) is 230 Å². The van der Waals surface area contributed by atoms with E-state index in [0.717, 1.165) is 24.8 Å². The van der Waals surface area contributed by atoms with Crippen LogP contribution in [0.2, 0.25) is 0 Å². The maximum atomic E-state index is 13.8. The Balaban J connectivity index is 1.12. The summed E-state index contributed by atoms with van der Waals surface area (Å²) in [7, 11) is 1.30. The molecule has 9 atom stereocenters. The lowest BCUT2D eigenvalue weighted by Crippen LogP contribution is -2.56. The minimum absolute atomic E-state index is 0.00595. The number of aliphatic hydroxyl groups is 1. The van der Waals surface area contributed by atoms with Gasteiger partial charge in [-0.25, -0.2) is 9.59 Å². The molecule has 3 fully saturated rings. The minimum atomic E-state index is -1.17. The van der Waals surface area contributed by atoms with E-state index in [0.29, 0.717) is 6.42 Å². The summed E-state index contributed by atoms with van der Waals surface area (Å²) in [5.41, 5.74) is 0.204. The van der Waals surface area contributed by atoms with Crippen molar-refractivity contribution in [3.05, 3.63) is 67.8 Å². The number of rotatable bonds is 16. The molecule has 17 heteroatoms. The quantitative estimate of drug-likeness (QED) is 0.0766. The average molecular weight is 759 g/mol. The number of carbonyl (C=O) groups excluding carboxylic acids is 4. The third kappa shape index (κ3) is 8.50. The third-order valence-corrected chi connectivity index (χ3v) is 11.9.